The number of carbonyl (C=O) groups is 2. The van der Waals surface area contributed by atoms with Crippen LogP contribution in [0.3, 0.4) is 0 Å². The van der Waals surface area contributed by atoms with Crippen molar-refractivity contribution in [2.24, 2.45) is 0 Å². The molecule has 0 aromatic heterocycles. The SMILES string of the molecule is CC1C(=O)N(C(C)(CCO)C(=O)O)CCN1c1cccc(C(F)(F)F)c1. The first-order valence-electron chi connectivity index (χ1n) is 8.12. The molecule has 26 heavy (non-hydrogen) atoms. The van der Waals surface area contributed by atoms with Crippen LogP contribution in [0.5, 0.6) is 0 Å². The van der Waals surface area contributed by atoms with Crippen LogP contribution >= 0.6 is 0 Å². The summed E-state index contributed by atoms with van der Waals surface area (Å²) in [6.07, 6.45) is -4.63. The van der Waals surface area contributed by atoms with Crippen LogP contribution in [0, 0.1) is 0 Å². The van der Waals surface area contributed by atoms with Crippen molar-refractivity contribution < 1.29 is 33.0 Å². The molecule has 2 unspecified atom stereocenters. The van der Waals surface area contributed by atoms with Crippen molar-refractivity contribution in [1.82, 2.24) is 4.90 Å². The Kier molecular flexibility index (Phi) is 5.50. The number of hydrogen-bond acceptors (Lipinski definition) is 4. The minimum absolute atomic E-state index is 0.0300. The van der Waals surface area contributed by atoms with Gasteiger partial charge >= 0.3 is 12.1 Å². The zero-order chi connectivity index (χ0) is 19.7. The second-order valence-corrected chi connectivity index (χ2v) is 6.46. The molecule has 9 heteroatoms. The summed E-state index contributed by atoms with van der Waals surface area (Å²) < 4.78 is 38.8. The molecule has 2 atom stereocenters. The highest BCUT2D eigenvalue weighted by molar-refractivity contribution is 5.92. The molecule has 1 aliphatic heterocycles. The van der Waals surface area contributed by atoms with Crippen LogP contribution in [-0.4, -0.2) is 58.3 Å². The van der Waals surface area contributed by atoms with Crippen LogP contribution in [0.4, 0.5) is 18.9 Å². The number of hydrogen-bond donors (Lipinski definition) is 2. The number of aliphatic carboxylic acids is 1. The molecular weight excluding hydrogens is 353 g/mol. The Morgan fingerprint density at radius 1 is 1.31 bits per heavy atom. The lowest BCUT2D eigenvalue weighted by molar-refractivity contribution is -0.161. The maximum Gasteiger partial charge on any atom is 0.416 e. The number of carboxylic acids is 1. The Bertz CT molecular complexity index is 695. The summed E-state index contributed by atoms with van der Waals surface area (Å²) in [5.74, 6) is -1.74. The molecule has 1 aliphatic rings. The lowest BCUT2D eigenvalue weighted by Crippen LogP contribution is -2.65. The summed E-state index contributed by atoms with van der Waals surface area (Å²) in [6, 6.07) is 3.86. The summed E-state index contributed by atoms with van der Waals surface area (Å²) in [5.41, 5.74) is -2.13. The quantitative estimate of drug-likeness (QED) is 0.824. The van der Waals surface area contributed by atoms with Crippen LogP contribution in [-0.2, 0) is 15.8 Å². The fourth-order valence-corrected chi connectivity index (χ4v) is 3.15. The van der Waals surface area contributed by atoms with Gasteiger partial charge in [-0.1, -0.05) is 6.07 Å². The maximum atomic E-state index is 12.9. The van der Waals surface area contributed by atoms with Crippen LogP contribution in [0.2, 0.25) is 0 Å². The molecule has 2 N–H and O–H groups in total. The van der Waals surface area contributed by atoms with E-state index in [4.69, 9.17) is 5.11 Å². The van der Waals surface area contributed by atoms with Gasteiger partial charge in [-0.15, -0.1) is 0 Å². The van der Waals surface area contributed by atoms with Gasteiger partial charge in [-0.05, 0) is 32.0 Å². The second kappa shape index (κ2) is 7.14. The first-order chi connectivity index (χ1) is 12.0. The van der Waals surface area contributed by atoms with Gasteiger partial charge in [-0.2, -0.15) is 13.2 Å². The van der Waals surface area contributed by atoms with Gasteiger partial charge in [0, 0.05) is 31.8 Å². The molecule has 0 saturated carbocycles. The number of rotatable bonds is 5. The van der Waals surface area contributed by atoms with E-state index in [1.807, 2.05) is 0 Å². The van der Waals surface area contributed by atoms with Crippen LogP contribution in [0.1, 0.15) is 25.8 Å². The number of halogens is 3. The van der Waals surface area contributed by atoms with E-state index in [9.17, 15) is 27.9 Å². The molecule has 0 aliphatic carbocycles. The van der Waals surface area contributed by atoms with Crippen molar-refractivity contribution in [1.29, 1.82) is 0 Å². The Morgan fingerprint density at radius 2 is 1.96 bits per heavy atom. The predicted molar refractivity (Wildman–Crippen MR) is 87.7 cm³/mol. The van der Waals surface area contributed by atoms with E-state index in [2.05, 4.69) is 0 Å². The molecular formula is C17H21F3N2O4. The standard InChI is InChI=1S/C17H21F3N2O4/c1-11-14(24)22(16(2,6-9-23)15(25)26)8-7-21(11)13-5-3-4-12(10-13)17(18,19)20/h3-5,10-11,23H,6-9H2,1-2H3,(H,25,26). The number of aliphatic hydroxyl groups is 1. The molecule has 0 bridgehead atoms. The molecule has 1 aromatic carbocycles. The number of nitrogens with zero attached hydrogens (tertiary/aromatic N) is 2. The minimum atomic E-state index is -4.49. The Morgan fingerprint density at radius 3 is 2.50 bits per heavy atom. The Balaban J connectivity index is 2.29. The number of piperazine rings is 1. The van der Waals surface area contributed by atoms with Gasteiger partial charge in [0.05, 0.1) is 5.56 Å². The number of alkyl halides is 3. The number of carboxylic acid groups (broad SMARTS) is 1. The maximum absolute atomic E-state index is 12.9. The van der Waals surface area contributed by atoms with E-state index in [0.29, 0.717) is 0 Å². The Hall–Kier alpha value is -2.29. The number of benzene rings is 1. The smallest absolute Gasteiger partial charge is 0.416 e. The average Bonchev–Trinajstić information content (AvgIpc) is 2.56. The Labute approximate surface area is 148 Å². The summed E-state index contributed by atoms with van der Waals surface area (Å²) in [4.78, 5) is 27.1. The number of amides is 1. The third-order valence-corrected chi connectivity index (χ3v) is 4.82. The summed E-state index contributed by atoms with van der Waals surface area (Å²) >= 11 is 0. The van der Waals surface area contributed by atoms with E-state index in [1.54, 1.807) is 0 Å². The zero-order valence-corrected chi connectivity index (χ0v) is 14.5. The lowest BCUT2D eigenvalue weighted by atomic mass is 9.93. The molecule has 2 rings (SSSR count). The van der Waals surface area contributed by atoms with Crippen LogP contribution in [0.15, 0.2) is 24.3 Å². The third kappa shape index (κ3) is 3.62. The fourth-order valence-electron chi connectivity index (χ4n) is 3.15. The monoisotopic (exact) mass is 374 g/mol. The molecule has 0 radical (unpaired) electrons. The summed E-state index contributed by atoms with van der Waals surface area (Å²) in [7, 11) is 0. The van der Waals surface area contributed by atoms with Crippen molar-refractivity contribution in [3.63, 3.8) is 0 Å². The molecule has 1 fully saturated rings. The topological polar surface area (TPSA) is 81.1 Å². The van der Waals surface area contributed by atoms with Crippen molar-refractivity contribution in [3.8, 4) is 0 Å². The van der Waals surface area contributed by atoms with Crippen molar-refractivity contribution in [2.75, 3.05) is 24.6 Å². The number of anilines is 1. The predicted octanol–water partition coefficient (Wildman–Crippen LogP) is 1.97. The van der Waals surface area contributed by atoms with E-state index >= 15 is 0 Å². The number of carbonyl (C=O) groups excluding carboxylic acids is 1. The fraction of sp³-hybridized carbons (Fsp3) is 0.529. The third-order valence-electron chi connectivity index (χ3n) is 4.82. The molecule has 6 nitrogen and oxygen atoms in total. The normalized spacial score (nSPS) is 20.8. The van der Waals surface area contributed by atoms with E-state index in [1.165, 1.54) is 35.8 Å². The van der Waals surface area contributed by atoms with E-state index < -0.39 is 41.8 Å². The molecule has 1 amide bonds. The highest BCUT2D eigenvalue weighted by Crippen LogP contribution is 2.33. The van der Waals surface area contributed by atoms with Gasteiger partial charge in [-0.25, -0.2) is 4.79 Å². The highest BCUT2D eigenvalue weighted by Gasteiger charge is 2.46. The van der Waals surface area contributed by atoms with Crippen LogP contribution in [0.25, 0.3) is 0 Å². The van der Waals surface area contributed by atoms with Crippen molar-refractivity contribution in [3.05, 3.63) is 29.8 Å². The van der Waals surface area contributed by atoms with Gasteiger partial charge in [0.2, 0.25) is 5.91 Å². The molecule has 0 spiro atoms. The average molecular weight is 374 g/mol. The minimum Gasteiger partial charge on any atom is -0.480 e. The second-order valence-electron chi connectivity index (χ2n) is 6.46. The van der Waals surface area contributed by atoms with E-state index in [-0.39, 0.29) is 25.2 Å². The first kappa shape index (κ1) is 20.0. The molecule has 1 aromatic rings. The summed E-state index contributed by atoms with van der Waals surface area (Å²) in [6.45, 7) is 2.69. The first-order valence-corrected chi connectivity index (χ1v) is 8.12. The molecule has 144 valence electrons. The van der Waals surface area contributed by atoms with Crippen molar-refractivity contribution in [2.45, 2.75) is 38.0 Å². The molecule has 1 saturated heterocycles. The van der Waals surface area contributed by atoms with Gasteiger partial charge in [0.25, 0.3) is 0 Å². The van der Waals surface area contributed by atoms with Gasteiger partial charge < -0.3 is 20.0 Å². The van der Waals surface area contributed by atoms with Gasteiger partial charge in [0.15, 0.2) is 0 Å². The van der Waals surface area contributed by atoms with Crippen LogP contribution < -0.4 is 4.90 Å². The number of aliphatic hydroxyl groups excluding tert-OH is 1. The summed E-state index contributed by atoms with van der Waals surface area (Å²) in [5, 5.41) is 18.6. The van der Waals surface area contributed by atoms with E-state index in [0.717, 1.165) is 12.1 Å². The largest absolute Gasteiger partial charge is 0.480 e. The zero-order valence-electron chi connectivity index (χ0n) is 14.5. The van der Waals surface area contributed by atoms with Gasteiger partial charge in [0.1, 0.15) is 11.6 Å². The van der Waals surface area contributed by atoms with Gasteiger partial charge in [-0.3, -0.25) is 4.79 Å². The molecule has 1 heterocycles. The highest BCUT2D eigenvalue weighted by atomic mass is 19.4. The lowest BCUT2D eigenvalue weighted by Gasteiger charge is -2.46. The van der Waals surface area contributed by atoms with Crippen molar-refractivity contribution >= 4 is 17.6 Å².